The van der Waals surface area contributed by atoms with E-state index in [0.29, 0.717) is 28.1 Å². The number of carbonyl (C=O) groups excluding carboxylic acids is 3. The predicted octanol–water partition coefficient (Wildman–Crippen LogP) is 6.46. The number of imide groups is 2. The summed E-state index contributed by atoms with van der Waals surface area (Å²) in [5.41, 5.74) is 3.77. The molecule has 0 spiro atoms. The van der Waals surface area contributed by atoms with Crippen molar-refractivity contribution >= 4 is 56.3 Å². The summed E-state index contributed by atoms with van der Waals surface area (Å²) < 4.78 is 6.74. The molecule has 0 aromatic heterocycles. The average molecular weight is 555 g/mol. The molecule has 4 aromatic rings. The van der Waals surface area contributed by atoms with Crippen molar-refractivity contribution in [2.45, 2.75) is 20.5 Å². The molecule has 0 unspecified atom stereocenters. The molecule has 6 nitrogen and oxygen atoms in total. The lowest BCUT2D eigenvalue weighted by atomic mass is 10.0. The number of benzene rings is 4. The molecule has 4 amide bonds. The van der Waals surface area contributed by atoms with E-state index in [4.69, 9.17) is 4.74 Å². The van der Waals surface area contributed by atoms with Crippen LogP contribution in [0.3, 0.4) is 0 Å². The van der Waals surface area contributed by atoms with E-state index in [-0.39, 0.29) is 5.57 Å². The van der Waals surface area contributed by atoms with Gasteiger partial charge in [-0.2, -0.15) is 0 Å². The minimum atomic E-state index is -0.768. The highest BCUT2D eigenvalue weighted by molar-refractivity contribution is 9.10. The van der Waals surface area contributed by atoms with E-state index in [1.54, 1.807) is 30.3 Å². The van der Waals surface area contributed by atoms with Crippen molar-refractivity contribution in [3.05, 3.63) is 111 Å². The van der Waals surface area contributed by atoms with Crippen molar-refractivity contribution in [1.82, 2.24) is 5.32 Å². The fraction of sp³-hybridized carbons (Fsp3) is 0.100. The van der Waals surface area contributed by atoms with Gasteiger partial charge < -0.3 is 4.74 Å². The first-order valence-electron chi connectivity index (χ1n) is 11.7. The molecule has 4 aromatic carbocycles. The Kier molecular flexibility index (Phi) is 6.63. The Balaban J connectivity index is 1.39. The molecule has 1 saturated heterocycles. The van der Waals surface area contributed by atoms with Gasteiger partial charge in [0.25, 0.3) is 11.8 Å². The third kappa shape index (κ3) is 5.04. The van der Waals surface area contributed by atoms with Gasteiger partial charge in [0, 0.05) is 0 Å². The van der Waals surface area contributed by atoms with E-state index in [9.17, 15) is 14.4 Å². The number of halogens is 1. The monoisotopic (exact) mass is 554 g/mol. The zero-order valence-corrected chi connectivity index (χ0v) is 21.8. The Bertz CT molecular complexity index is 1580. The molecule has 0 saturated carbocycles. The maximum atomic E-state index is 13.2. The molecule has 1 N–H and O–H groups in total. The number of fused-ring (bicyclic) bond motifs is 1. The molecule has 0 aliphatic carbocycles. The summed E-state index contributed by atoms with van der Waals surface area (Å²) in [4.78, 5) is 39.3. The Morgan fingerprint density at radius 3 is 2.38 bits per heavy atom. The standard InChI is InChI=1S/C30H23BrN2O4/c1-18-12-19(2)14-23(13-18)33-29(35)25(28(34)32-30(33)36)15-20-10-11-27(26(31)16-20)37-17-22-8-5-7-21-6-3-4-9-24(21)22/h3-16H,17H2,1-2H3,(H,32,34,36)/b25-15+. The Hall–Kier alpha value is -4.23. The number of anilines is 1. The topological polar surface area (TPSA) is 75.7 Å². The van der Waals surface area contributed by atoms with Gasteiger partial charge in [0.1, 0.15) is 17.9 Å². The maximum Gasteiger partial charge on any atom is 0.335 e. The zero-order chi connectivity index (χ0) is 26.1. The van der Waals surface area contributed by atoms with Crippen molar-refractivity contribution in [2.75, 3.05) is 4.90 Å². The van der Waals surface area contributed by atoms with E-state index in [1.165, 1.54) is 6.08 Å². The number of nitrogens with one attached hydrogen (secondary N) is 1. The highest BCUT2D eigenvalue weighted by atomic mass is 79.9. The van der Waals surface area contributed by atoms with Crippen molar-refractivity contribution in [2.24, 2.45) is 0 Å². The van der Waals surface area contributed by atoms with Crippen LogP contribution in [-0.2, 0) is 16.2 Å². The molecular formula is C30H23BrN2O4. The number of urea groups is 1. The largest absolute Gasteiger partial charge is 0.488 e. The van der Waals surface area contributed by atoms with Crippen LogP contribution in [0.5, 0.6) is 5.75 Å². The van der Waals surface area contributed by atoms with Gasteiger partial charge in [-0.1, -0.05) is 54.6 Å². The number of barbiturate groups is 1. The molecule has 0 atom stereocenters. The van der Waals surface area contributed by atoms with Crippen LogP contribution in [-0.4, -0.2) is 17.8 Å². The second-order valence-corrected chi connectivity index (χ2v) is 9.77. The smallest absolute Gasteiger partial charge is 0.335 e. The summed E-state index contributed by atoms with van der Waals surface area (Å²) in [6.45, 7) is 4.15. The lowest BCUT2D eigenvalue weighted by molar-refractivity contribution is -0.122. The molecule has 0 radical (unpaired) electrons. The molecule has 1 heterocycles. The van der Waals surface area contributed by atoms with Gasteiger partial charge in [0.2, 0.25) is 0 Å². The fourth-order valence-corrected chi connectivity index (χ4v) is 4.95. The molecule has 1 aliphatic rings. The average Bonchev–Trinajstić information content (AvgIpc) is 2.85. The molecule has 0 bridgehead atoms. The zero-order valence-electron chi connectivity index (χ0n) is 20.2. The summed E-state index contributed by atoms with van der Waals surface area (Å²) in [6.07, 6.45) is 1.47. The normalized spacial score (nSPS) is 14.8. The third-order valence-electron chi connectivity index (χ3n) is 6.10. The van der Waals surface area contributed by atoms with Crippen LogP contribution in [0.1, 0.15) is 22.3 Å². The quantitative estimate of drug-likeness (QED) is 0.227. The molecule has 1 aliphatic heterocycles. The lowest BCUT2D eigenvalue weighted by Crippen LogP contribution is -2.54. The van der Waals surface area contributed by atoms with Crippen LogP contribution in [0.25, 0.3) is 16.8 Å². The first kappa shape index (κ1) is 24.5. The number of amides is 4. The van der Waals surface area contributed by atoms with Crippen LogP contribution in [0, 0.1) is 13.8 Å². The number of carbonyl (C=O) groups is 3. The van der Waals surface area contributed by atoms with Crippen LogP contribution < -0.4 is 15.0 Å². The number of nitrogens with zero attached hydrogens (tertiary/aromatic N) is 1. The van der Waals surface area contributed by atoms with E-state index in [0.717, 1.165) is 32.4 Å². The molecule has 7 heteroatoms. The second-order valence-electron chi connectivity index (χ2n) is 8.92. The van der Waals surface area contributed by atoms with Gasteiger partial charge in [-0.15, -0.1) is 0 Å². The van der Waals surface area contributed by atoms with Crippen LogP contribution in [0.2, 0.25) is 0 Å². The minimum Gasteiger partial charge on any atom is -0.488 e. The SMILES string of the molecule is Cc1cc(C)cc(N2C(=O)NC(=O)/C(=C\c3ccc(OCc4cccc5ccccc45)c(Br)c3)C2=O)c1. The summed E-state index contributed by atoms with van der Waals surface area (Å²) in [5.74, 6) is -0.782. The number of ether oxygens (including phenoxy) is 1. The van der Waals surface area contributed by atoms with Crippen molar-refractivity contribution in [3.63, 3.8) is 0 Å². The molecule has 5 rings (SSSR count). The van der Waals surface area contributed by atoms with E-state index < -0.39 is 17.8 Å². The number of hydrogen-bond acceptors (Lipinski definition) is 4. The summed E-state index contributed by atoms with van der Waals surface area (Å²) >= 11 is 3.54. The van der Waals surface area contributed by atoms with Crippen molar-refractivity contribution < 1.29 is 19.1 Å². The van der Waals surface area contributed by atoms with Gasteiger partial charge in [0.15, 0.2) is 0 Å². The highest BCUT2D eigenvalue weighted by Gasteiger charge is 2.37. The molecular weight excluding hydrogens is 532 g/mol. The summed E-state index contributed by atoms with van der Waals surface area (Å²) in [5, 5.41) is 4.55. The summed E-state index contributed by atoms with van der Waals surface area (Å²) in [7, 11) is 0. The van der Waals surface area contributed by atoms with E-state index in [1.807, 2.05) is 44.2 Å². The Labute approximate surface area is 222 Å². The molecule has 37 heavy (non-hydrogen) atoms. The van der Waals surface area contributed by atoms with Crippen molar-refractivity contribution in [1.29, 1.82) is 0 Å². The fourth-order valence-electron chi connectivity index (χ4n) is 4.44. The maximum absolute atomic E-state index is 13.2. The van der Waals surface area contributed by atoms with Gasteiger partial charge in [-0.05, 0) is 93.1 Å². The van der Waals surface area contributed by atoms with Gasteiger partial charge in [-0.25, -0.2) is 9.69 Å². The second kappa shape index (κ2) is 10.0. The first-order chi connectivity index (χ1) is 17.8. The Morgan fingerprint density at radius 1 is 0.892 bits per heavy atom. The summed E-state index contributed by atoms with van der Waals surface area (Å²) in [6, 6.07) is 24.2. The first-order valence-corrected chi connectivity index (χ1v) is 12.5. The van der Waals surface area contributed by atoms with E-state index >= 15 is 0 Å². The highest BCUT2D eigenvalue weighted by Crippen LogP contribution is 2.30. The van der Waals surface area contributed by atoms with Crippen LogP contribution in [0.15, 0.2) is 88.9 Å². The number of rotatable bonds is 5. The van der Waals surface area contributed by atoms with Crippen LogP contribution in [0.4, 0.5) is 10.5 Å². The van der Waals surface area contributed by atoms with E-state index in [2.05, 4.69) is 39.4 Å². The Morgan fingerprint density at radius 2 is 1.62 bits per heavy atom. The van der Waals surface area contributed by atoms with Gasteiger partial charge in [0.05, 0.1) is 10.2 Å². The minimum absolute atomic E-state index is 0.130. The number of aryl methyl sites for hydroxylation is 2. The molecule has 184 valence electrons. The predicted molar refractivity (Wildman–Crippen MR) is 147 cm³/mol. The lowest BCUT2D eigenvalue weighted by Gasteiger charge is -2.27. The van der Waals surface area contributed by atoms with Gasteiger partial charge in [-0.3, -0.25) is 14.9 Å². The van der Waals surface area contributed by atoms with Crippen molar-refractivity contribution in [3.8, 4) is 5.75 Å². The third-order valence-corrected chi connectivity index (χ3v) is 6.72. The van der Waals surface area contributed by atoms with Crippen LogP contribution >= 0.6 is 15.9 Å². The number of hydrogen-bond donors (Lipinski definition) is 1. The van der Waals surface area contributed by atoms with Gasteiger partial charge >= 0.3 is 6.03 Å². The molecule has 1 fully saturated rings.